The first-order chi connectivity index (χ1) is 20.1. The molecule has 1 aliphatic heterocycles. The van der Waals surface area contributed by atoms with Gasteiger partial charge in [0.15, 0.2) is 18.0 Å². The van der Waals surface area contributed by atoms with E-state index in [4.69, 9.17) is 23.7 Å². The van der Waals surface area contributed by atoms with Crippen LogP contribution in [0.3, 0.4) is 0 Å². The second-order valence-electron chi connectivity index (χ2n) is 12.6. The minimum absolute atomic E-state index is 0.303. The number of epoxide rings is 1. The van der Waals surface area contributed by atoms with E-state index in [0.717, 1.165) is 5.57 Å². The lowest BCUT2D eigenvalue weighted by Gasteiger charge is -2.48. The molecule has 2 aliphatic carbocycles. The highest BCUT2D eigenvalue weighted by atomic mass is 16.6. The smallest absolute Gasteiger partial charge is 0.331 e. The first-order valence-corrected chi connectivity index (χ1v) is 15.4. The third-order valence-corrected chi connectivity index (χ3v) is 9.48. The lowest BCUT2D eigenvalue weighted by atomic mass is 9.61. The summed E-state index contributed by atoms with van der Waals surface area (Å²) in [7, 11) is 0. The van der Waals surface area contributed by atoms with Crippen LogP contribution in [0, 0.1) is 35.5 Å². The summed E-state index contributed by atoms with van der Waals surface area (Å²) in [5.74, 6) is -6.64. The summed E-state index contributed by atoms with van der Waals surface area (Å²) in [6.45, 7) is 20.2. The first-order valence-electron chi connectivity index (χ1n) is 15.4. The third kappa shape index (κ3) is 7.21. The number of hydrogen-bond acceptors (Lipinski definition) is 10. The van der Waals surface area contributed by atoms with Crippen LogP contribution >= 0.6 is 0 Å². The summed E-state index contributed by atoms with van der Waals surface area (Å²) in [4.78, 5) is 65.7. The summed E-state index contributed by atoms with van der Waals surface area (Å²) in [6.07, 6.45) is -1.28. The molecular formula is C33H48O10. The Hall–Kier alpha value is -3.01. The normalized spacial score (nSPS) is 34.0. The van der Waals surface area contributed by atoms with Crippen LogP contribution in [0.25, 0.3) is 0 Å². The van der Waals surface area contributed by atoms with Gasteiger partial charge in [-0.2, -0.15) is 0 Å². The van der Waals surface area contributed by atoms with Crippen LogP contribution in [-0.2, 0) is 47.7 Å². The highest BCUT2D eigenvalue weighted by Crippen LogP contribution is 2.59. The molecule has 10 nitrogen and oxygen atoms in total. The molecule has 240 valence electrons. The molecule has 0 N–H and O–H groups in total. The zero-order valence-electron chi connectivity index (χ0n) is 27.0. The van der Waals surface area contributed by atoms with E-state index in [0.29, 0.717) is 31.4 Å². The Labute approximate surface area is 254 Å². The fourth-order valence-electron chi connectivity index (χ4n) is 6.31. The first kappa shape index (κ1) is 34.5. The average Bonchev–Trinajstić information content (AvgIpc) is 3.62. The topological polar surface area (TPSA) is 135 Å². The lowest BCUT2D eigenvalue weighted by Crippen LogP contribution is -2.58. The van der Waals surface area contributed by atoms with Crippen LogP contribution in [0.4, 0.5) is 0 Å². The predicted octanol–water partition coefficient (Wildman–Crippen LogP) is 4.53. The van der Waals surface area contributed by atoms with Crippen molar-refractivity contribution in [3.05, 3.63) is 23.8 Å². The molecule has 0 aromatic carbocycles. The SMILES string of the molecule is C=C1[C@@H]2[C@H]([C@H]([C@H](C)OC(C)=O)C(=O)[C@@H]2OC(=O)[C@H](C)CC)[C@@H]([C@]2(C)CO2)[C@H](OC(=O)/C=C(/C)CC)[C@@H]1OC(=O)[C@H](C)CC. The summed E-state index contributed by atoms with van der Waals surface area (Å²) < 4.78 is 29.5. The van der Waals surface area contributed by atoms with Crippen LogP contribution in [0.2, 0.25) is 0 Å². The van der Waals surface area contributed by atoms with E-state index < -0.39 is 95.2 Å². The van der Waals surface area contributed by atoms with E-state index in [1.165, 1.54) is 13.0 Å². The number of Topliss-reactive ketones (excluding diaryl/α,β-unsaturated/α-hetero) is 1. The van der Waals surface area contributed by atoms with Crippen molar-refractivity contribution in [3.63, 3.8) is 0 Å². The van der Waals surface area contributed by atoms with Gasteiger partial charge in [-0.3, -0.25) is 19.2 Å². The number of hydrogen-bond donors (Lipinski definition) is 0. The maximum Gasteiger partial charge on any atom is 0.331 e. The number of carbonyl (C=O) groups is 5. The Kier molecular flexibility index (Phi) is 11.0. The molecule has 0 unspecified atom stereocenters. The Morgan fingerprint density at radius 1 is 0.977 bits per heavy atom. The molecule has 0 radical (unpaired) electrons. The van der Waals surface area contributed by atoms with Crippen molar-refractivity contribution in [1.82, 2.24) is 0 Å². The van der Waals surface area contributed by atoms with Gasteiger partial charge < -0.3 is 23.7 Å². The number of fused-ring (bicyclic) bond motifs is 1. The number of ether oxygens (including phenoxy) is 5. The van der Waals surface area contributed by atoms with E-state index in [1.807, 2.05) is 34.6 Å². The molecule has 3 aliphatic rings. The number of esters is 4. The van der Waals surface area contributed by atoms with Gasteiger partial charge in [-0.1, -0.05) is 46.8 Å². The summed E-state index contributed by atoms with van der Waals surface area (Å²) in [5, 5.41) is 0. The van der Waals surface area contributed by atoms with Crippen molar-refractivity contribution in [3.8, 4) is 0 Å². The van der Waals surface area contributed by atoms with Gasteiger partial charge in [0, 0.05) is 24.8 Å². The van der Waals surface area contributed by atoms with E-state index in [-0.39, 0.29) is 0 Å². The van der Waals surface area contributed by atoms with Gasteiger partial charge in [-0.25, -0.2) is 4.79 Å². The summed E-state index contributed by atoms with van der Waals surface area (Å²) >= 11 is 0. The minimum Gasteiger partial charge on any atom is -0.462 e. The average molecular weight is 605 g/mol. The highest BCUT2D eigenvalue weighted by Gasteiger charge is 2.70. The Morgan fingerprint density at radius 3 is 1.98 bits per heavy atom. The van der Waals surface area contributed by atoms with Crippen LogP contribution in [0.15, 0.2) is 23.8 Å². The standard InChI is InChI=1S/C33H48O10/c1-11-16(4)14-22(35)41-30-26(33(10)15-39-33)25-23(19(7)28(30)42-31(37)17(5)12-2)29(43-32(38)18(6)13-3)27(36)24(25)20(8)40-21(9)34/h14,17-18,20,23-26,28-30H,7,11-13,15H2,1-6,8-10H3/b16-14-/t17-,18-,20+,23-,24+,25-,26-,28-,29-,30+,33+/m1/s1. The monoisotopic (exact) mass is 604 g/mol. The van der Waals surface area contributed by atoms with Gasteiger partial charge in [0.2, 0.25) is 0 Å². The van der Waals surface area contributed by atoms with Crippen molar-refractivity contribution in [2.45, 2.75) is 112 Å². The molecule has 3 fully saturated rings. The second-order valence-corrected chi connectivity index (χ2v) is 12.6. The van der Waals surface area contributed by atoms with Crippen LogP contribution in [-0.4, -0.2) is 66.3 Å². The van der Waals surface area contributed by atoms with E-state index in [9.17, 15) is 24.0 Å². The minimum atomic E-state index is -1.25. The molecule has 43 heavy (non-hydrogen) atoms. The quantitative estimate of drug-likeness (QED) is 0.103. The van der Waals surface area contributed by atoms with Crippen molar-refractivity contribution >= 4 is 29.7 Å². The Balaban J connectivity index is 2.21. The third-order valence-electron chi connectivity index (χ3n) is 9.48. The highest BCUT2D eigenvalue weighted by molar-refractivity contribution is 5.92. The molecule has 0 bridgehead atoms. The fraction of sp³-hybridized carbons (Fsp3) is 0.727. The fourth-order valence-corrected chi connectivity index (χ4v) is 6.31. The van der Waals surface area contributed by atoms with Crippen molar-refractivity contribution in [2.75, 3.05) is 6.61 Å². The van der Waals surface area contributed by atoms with Gasteiger partial charge in [-0.05, 0) is 51.5 Å². The molecule has 3 rings (SSSR count). The van der Waals surface area contributed by atoms with E-state index in [1.54, 1.807) is 20.8 Å². The maximum atomic E-state index is 14.2. The molecule has 1 saturated heterocycles. The molecule has 10 heteroatoms. The second kappa shape index (κ2) is 13.7. The molecule has 0 aromatic rings. The number of carbonyl (C=O) groups excluding carboxylic acids is 5. The molecule has 0 amide bonds. The van der Waals surface area contributed by atoms with Crippen LogP contribution in [0.5, 0.6) is 0 Å². The van der Waals surface area contributed by atoms with Crippen molar-refractivity contribution in [1.29, 1.82) is 0 Å². The van der Waals surface area contributed by atoms with Gasteiger partial charge >= 0.3 is 23.9 Å². The van der Waals surface area contributed by atoms with Crippen molar-refractivity contribution < 1.29 is 47.7 Å². The zero-order valence-corrected chi connectivity index (χ0v) is 27.0. The lowest BCUT2D eigenvalue weighted by molar-refractivity contribution is -0.184. The number of ketones is 1. The molecule has 1 heterocycles. The maximum absolute atomic E-state index is 14.2. The van der Waals surface area contributed by atoms with E-state index >= 15 is 0 Å². The van der Waals surface area contributed by atoms with Gasteiger partial charge in [0.1, 0.15) is 12.2 Å². The molecule has 2 saturated carbocycles. The summed E-state index contributed by atoms with van der Waals surface area (Å²) in [5.41, 5.74) is 0.248. The number of rotatable bonds is 12. The predicted molar refractivity (Wildman–Crippen MR) is 156 cm³/mol. The molecule has 11 atom stereocenters. The zero-order chi connectivity index (χ0) is 32.4. The van der Waals surface area contributed by atoms with Gasteiger partial charge in [-0.15, -0.1) is 0 Å². The van der Waals surface area contributed by atoms with Gasteiger partial charge in [0.05, 0.1) is 30.0 Å². The largest absolute Gasteiger partial charge is 0.462 e. The Bertz CT molecular complexity index is 1150. The number of allylic oxidation sites excluding steroid dienone is 1. The van der Waals surface area contributed by atoms with E-state index in [2.05, 4.69) is 6.58 Å². The molecule has 0 spiro atoms. The molecule has 0 aromatic heterocycles. The van der Waals surface area contributed by atoms with Crippen LogP contribution in [0.1, 0.15) is 81.6 Å². The van der Waals surface area contributed by atoms with Crippen LogP contribution < -0.4 is 0 Å². The van der Waals surface area contributed by atoms with Gasteiger partial charge in [0.25, 0.3) is 0 Å². The molecular weight excluding hydrogens is 556 g/mol. The van der Waals surface area contributed by atoms with Crippen molar-refractivity contribution in [2.24, 2.45) is 35.5 Å². The Morgan fingerprint density at radius 2 is 1.51 bits per heavy atom. The summed E-state index contributed by atoms with van der Waals surface area (Å²) in [6, 6.07) is 0.